The summed E-state index contributed by atoms with van der Waals surface area (Å²) < 4.78 is 4.01. The number of aromatic nitrogens is 3. The number of rotatable bonds is 5. The van der Waals surface area contributed by atoms with Gasteiger partial charge in [0.2, 0.25) is 0 Å². The smallest absolute Gasteiger partial charge is 0.0868 e. The summed E-state index contributed by atoms with van der Waals surface area (Å²) in [7, 11) is 3.89. The molecule has 2 aromatic heterocycles. The van der Waals surface area contributed by atoms with Crippen molar-refractivity contribution in [2.24, 2.45) is 7.05 Å². The SMILES string of the molecule is CCc1nn(C)c(Cn2ccc(CNC)c2)c1Cl. The zero-order valence-electron chi connectivity index (χ0n) is 11.1. The molecule has 5 heteroatoms. The van der Waals surface area contributed by atoms with Gasteiger partial charge < -0.3 is 9.88 Å². The molecule has 0 spiro atoms. The van der Waals surface area contributed by atoms with Crippen LogP contribution < -0.4 is 5.32 Å². The first kappa shape index (κ1) is 13.2. The van der Waals surface area contributed by atoms with E-state index in [1.807, 2.05) is 18.8 Å². The molecule has 0 saturated heterocycles. The summed E-state index contributed by atoms with van der Waals surface area (Å²) in [6.07, 6.45) is 5.07. The lowest BCUT2D eigenvalue weighted by Gasteiger charge is -2.04. The fraction of sp³-hybridized carbons (Fsp3) is 0.462. The van der Waals surface area contributed by atoms with Crippen molar-refractivity contribution in [3.63, 3.8) is 0 Å². The summed E-state index contributed by atoms with van der Waals surface area (Å²) in [6, 6.07) is 2.11. The van der Waals surface area contributed by atoms with Crippen molar-refractivity contribution in [2.75, 3.05) is 7.05 Å². The summed E-state index contributed by atoms with van der Waals surface area (Å²) in [5, 5.41) is 8.36. The number of hydrogen-bond acceptors (Lipinski definition) is 2. The van der Waals surface area contributed by atoms with Crippen LogP contribution in [0.15, 0.2) is 18.5 Å². The monoisotopic (exact) mass is 266 g/mol. The molecule has 2 rings (SSSR count). The highest BCUT2D eigenvalue weighted by Gasteiger charge is 2.13. The maximum atomic E-state index is 6.34. The molecule has 0 aliphatic rings. The summed E-state index contributed by atoms with van der Waals surface area (Å²) in [6.45, 7) is 3.71. The Morgan fingerprint density at radius 2 is 2.22 bits per heavy atom. The second-order valence-corrected chi connectivity index (χ2v) is 4.78. The molecule has 98 valence electrons. The van der Waals surface area contributed by atoms with Crippen molar-refractivity contribution in [1.29, 1.82) is 0 Å². The molecule has 0 amide bonds. The molecule has 0 aliphatic heterocycles. The second kappa shape index (κ2) is 5.59. The lowest BCUT2D eigenvalue weighted by Crippen LogP contribution is -2.06. The maximum absolute atomic E-state index is 6.34. The van der Waals surface area contributed by atoms with Gasteiger partial charge in [0, 0.05) is 26.0 Å². The first-order valence-corrected chi connectivity index (χ1v) is 6.53. The number of nitrogens with one attached hydrogen (secondary N) is 1. The molecule has 0 fully saturated rings. The average molecular weight is 267 g/mol. The molecule has 0 saturated carbocycles. The van der Waals surface area contributed by atoms with E-state index in [-0.39, 0.29) is 0 Å². The van der Waals surface area contributed by atoms with Crippen molar-refractivity contribution in [2.45, 2.75) is 26.4 Å². The molecule has 0 radical (unpaired) electrons. The second-order valence-electron chi connectivity index (χ2n) is 4.41. The Balaban J connectivity index is 2.20. The van der Waals surface area contributed by atoms with Crippen LogP contribution in [-0.2, 0) is 26.6 Å². The Hall–Kier alpha value is -1.26. The van der Waals surface area contributed by atoms with Crippen LogP contribution in [0.1, 0.15) is 23.9 Å². The van der Waals surface area contributed by atoms with Gasteiger partial charge in [-0.1, -0.05) is 18.5 Å². The highest BCUT2D eigenvalue weighted by Crippen LogP contribution is 2.21. The van der Waals surface area contributed by atoms with Crippen LogP contribution in [0, 0.1) is 0 Å². The maximum Gasteiger partial charge on any atom is 0.0868 e. The van der Waals surface area contributed by atoms with E-state index in [9.17, 15) is 0 Å². The highest BCUT2D eigenvalue weighted by atomic mass is 35.5. The molecule has 4 nitrogen and oxygen atoms in total. The number of aryl methyl sites for hydroxylation is 2. The molecule has 1 N–H and O–H groups in total. The lowest BCUT2D eigenvalue weighted by atomic mass is 10.3. The lowest BCUT2D eigenvalue weighted by molar-refractivity contribution is 0.661. The van der Waals surface area contributed by atoms with Gasteiger partial charge in [0.1, 0.15) is 0 Å². The van der Waals surface area contributed by atoms with E-state index >= 15 is 0 Å². The molecule has 2 aromatic rings. The van der Waals surface area contributed by atoms with Crippen LogP contribution >= 0.6 is 11.6 Å². The third-order valence-electron chi connectivity index (χ3n) is 3.03. The predicted octanol–water partition coefficient (Wildman–Crippen LogP) is 2.21. The van der Waals surface area contributed by atoms with Gasteiger partial charge >= 0.3 is 0 Å². The van der Waals surface area contributed by atoms with E-state index in [2.05, 4.69) is 40.4 Å². The summed E-state index contributed by atoms with van der Waals surface area (Å²) in [5.74, 6) is 0. The topological polar surface area (TPSA) is 34.8 Å². The fourth-order valence-corrected chi connectivity index (χ4v) is 2.42. The quantitative estimate of drug-likeness (QED) is 0.901. The van der Waals surface area contributed by atoms with Crippen LogP contribution in [0.5, 0.6) is 0 Å². The molecule has 0 atom stereocenters. The van der Waals surface area contributed by atoms with Crippen molar-refractivity contribution < 1.29 is 0 Å². The third-order valence-corrected chi connectivity index (χ3v) is 3.46. The Labute approximate surface area is 113 Å². The van der Waals surface area contributed by atoms with Crippen molar-refractivity contribution in [3.05, 3.63) is 40.4 Å². The van der Waals surface area contributed by atoms with Crippen LogP contribution in [-0.4, -0.2) is 21.4 Å². The van der Waals surface area contributed by atoms with Crippen LogP contribution in [0.25, 0.3) is 0 Å². The van der Waals surface area contributed by atoms with Gasteiger partial charge in [-0.05, 0) is 25.1 Å². The van der Waals surface area contributed by atoms with Gasteiger partial charge in [0.15, 0.2) is 0 Å². The Morgan fingerprint density at radius 1 is 1.44 bits per heavy atom. The van der Waals surface area contributed by atoms with Crippen molar-refractivity contribution in [3.8, 4) is 0 Å². The van der Waals surface area contributed by atoms with E-state index in [1.165, 1.54) is 5.56 Å². The average Bonchev–Trinajstić information content (AvgIpc) is 2.89. The minimum atomic E-state index is 0.756. The van der Waals surface area contributed by atoms with Gasteiger partial charge in [0.25, 0.3) is 0 Å². The molecule has 0 aromatic carbocycles. The Morgan fingerprint density at radius 3 is 2.83 bits per heavy atom. The zero-order valence-corrected chi connectivity index (χ0v) is 11.8. The highest BCUT2D eigenvalue weighted by molar-refractivity contribution is 6.31. The van der Waals surface area contributed by atoms with Gasteiger partial charge in [-0.15, -0.1) is 0 Å². The molecule has 18 heavy (non-hydrogen) atoms. The normalized spacial score (nSPS) is 11.1. The molecular weight excluding hydrogens is 248 g/mol. The van der Waals surface area contributed by atoms with Crippen LogP contribution in [0.2, 0.25) is 5.02 Å². The molecule has 0 bridgehead atoms. The van der Waals surface area contributed by atoms with Crippen molar-refractivity contribution in [1.82, 2.24) is 19.7 Å². The minimum absolute atomic E-state index is 0.756. The third kappa shape index (κ3) is 2.60. The molecule has 2 heterocycles. The predicted molar refractivity (Wildman–Crippen MR) is 73.9 cm³/mol. The largest absolute Gasteiger partial charge is 0.348 e. The minimum Gasteiger partial charge on any atom is -0.348 e. The summed E-state index contributed by atoms with van der Waals surface area (Å²) in [5.41, 5.74) is 3.29. The van der Waals surface area contributed by atoms with Crippen LogP contribution in [0.3, 0.4) is 0 Å². The van der Waals surface area contributed by atoms with Gasteiger partial charge in [0.05, 0.1) is 23.0 Å². The number of halogens is 1. The number of nitrogens with zero attached hydrogens (tertiary/aromatic N) is 3. The fourth-order valence-electron chi connectivity index (χ4n) is 2.06. The Bertz CT molecular complexity index is 527. The van der Waals surface area contributed by atoms with Crippen LogP contribution in [0.4, 0.5) is 0 Å². The summed E-state index contributed by atoms with van der Waals surface area (Å²) in [4.78, 5) is 0. The summed E-state index contributed by atoms with van der Waals surface area (Å²) >= 11 is 6.34. The zero-order chi connectivity index (χ0) is 13.1. The van der Waals surface area contributed by atoms with E-state index in [0.717, 1.165) is 35.9 Å². The van der Waals surface area contributed by atoms with Gasteiger partial charge in [-0.25, -0.2) is 0 Å². The van der Waals surface area contributed by atoms with Gasteiger partial charge in [-0.2, -0.15) is 5.10 Å². The van der Waals surface area contributed by atoms with Gasteiger partial charge in [-0.3, -0.25) is 4.68 Å². The molecule has 0 unspecified atom stereocenters. The molecule has 0 aliphatic carbocycles. The van der Waals surface area contributed by atoms with E-state index in [4.69, 9.17) is 11.6 Å². The van der Waals surface area contributed by atoms with E-state index in [0.29, 0.717) is 0 Å². The molecular formula is C13H19ClN4. The van der Waals surface area contributed by atoms with E-state index in [1.54, 1.807) is 0 Å². The number of hydrogen-bond donors (Lipinski definition) is 1. The Kier molecular flexibility index (Phi) is 4.09. The van der Waals surface area contributed by atoms with E-state index < -0.39 is 0 Å². The first-order valence-electron chi connectivity index (χ1n) is 6.15. The first-order chi connectivity index (χ1) is 8.65. The van der Waals surface area contributed by atoms with Crippen molar-refractivity contribution >= 4 is 11.6 Å². The standard InChI is InChI=1S/C13H19ClN4/c1-4-11-13(14)12(17(3)16-11)9-18-6-5-10(8-18)7-15-2/h5-6,8,15H,4,7,9H2,1-3H3.